The SMILES string of the molecule is CCCN(CCC)C1CCC(Nc2nc(NCc3ccc(-c4cc(C)cs4)cc3)c3ncn(C(C)C)c3n2)CC1. The molecular weight excluding hydrogens is 514 g/mol. The number of benzene rings is 1. The molecule has 3 heterocycles. The van der Waals surface area contributed by atoms with E-state index >= 15 is 0 Å². The summed E-state index contributed by atoms with van der Waals surface area (Å²) < 4.78 is 2.13. The van der Waals surface area contributed by atoms with Crippen molar-refractivity contribution in [1.82, 2.24) is 24.4 Å². The minimum Gasteiger partial charge on any atom is -0.364 e. The van der Waals surface area contributed by atoms with Gasteiger partial charge in [0.2, 0.25) is 5.95 Å². The van der Waals surface area contributed by atoms with Crippen molar-refractivity contribution >= 4 is 34.3 Å². The third-order valence-corrected chi connectivity index (χ3v) is 9.07. The second-order valence-corrected chi connectivity index (χ2v) is 12.4. The summed E-state index contributed by atoms with van der Waals surface area (Å²) in [6.07, 6.45) is 9.11. The van der Waals surface area contributed by atoms with Crippen molar-refractivity contribution in [2.75, 3.05) is 23.7 Å². The molecule has 1 aromatic carbocycles. The number of aryl methyl sites for hydroxylation is 1. The molecule has 1 fully saturated rings. The van der Waals surface area contributed by atoms with E-state index in [0.29, 0.717) is 24.6 Å². The highest BCUT2D eigenvalue weighted by atomic mass is 32.1. The quantitative estimate of drug-likeness (QED) is 0.184. The molecule has 5 rings (SSSR count). The molecule has 1 aliphatic rings. The van der Waals surface area contributed by atoms with Gasteiger partial charge in [-0.05, 0) is 101 Å². The zero-order valence-electron chi connectivity index (χ0n) is 24.8. The van der Waals surface area contributed by atoms with Gasteiger partial charge in [0.25, 0.3) is 0 Å². The third kappa shape index (κ3) is 6.66. The van der Waals surface area contributed by atoms with Crippen molar-refractivity contribution in [3.63, 3.8) is 0 Å². The second-order valence-electron chi connectivity index (χ2n) is 11.5. The van der Waals surface area contributed by atoms with E-state index in [4.69, 9.17) is 15.0 Å². The predicted octanol–water partition coefficient (Wildman–Crippen LogP) is 7.90. The Morgan fingerprint density at radius 2 is 1.75 bits per heavy atom. The molecule has 0 radical (unpaired) electrons. The first kappa shape index (κ1) is 28.6. The van der Waals surface area contributed by atoms with Crippen LogP contribution in [0.4, 0.5) is 11.8 Å². The van der Waals surface area contributed by atoms with Gasteiger partial charge in [0.15, 0.2) is 17.0 Å². The molecule has 0 aliphatic heterocycles. The number of nitrogens with zero attached hydrogens (tertiary/aromatic N) is 5. The Hall–Kier alpha value is -2.97. The summed E-state index contributed by atoms with van der Waals surface area (Å²) in [6.45, 7) is 14.2. The molecule has 0 atom stereocenters. The molecule has 0 bridgehead atoms. The van der Waals surface area contributed by atoms with E-state index in [-0.39, 0.29) is 6.04 Å². The molecule has 1 aliphatic carbocycles. The second kappa shape index (κ2) is 13.1. The lowest BCUT2D eigenvalue weighted by atomic mass is 9.90. The normalized spacial score (nSPS) is 17.7. The number of hydrogen-bond donors (Lipinski definition) is 2. The van der Waals surface area contributed by atoms with Crippen molar-refractivity contribution < 1.29 is 0 Å². The van der Waals surface area contributed by atoms with E-state index in [1.165, 1.54) is 60.3 Å². The Bertz CT molecular complexity index is 1360. The van der Waals surface area contributed by atoms with Crippen LogP contribution in [0.15, 0.2) is 42.0 Å². The van der Waals surface area contributed by atoms with Gasteiger partial charge in [-0.3, -0.25) is 0 Å². The molecule has 1 saturated carbocycles. The average Bonchev–Trinajstić information content (AvgIpc) is 3.59. The third-order valence-electron chi connectivity index (χ3n) is 7.97. The van der Waals surface area contributed by atoms with E-state index in [2.05, 4.69) is 90.4 Å². The van der Waals surface area contributed by atoms with Crippen molar-refractivity contribution in [3.8, 4) is 10.4 Å². The number of fused-ring (bicyclic) bond motifs is 1. The Morgan fingerprint density at radius 1 is 1.02 bits per heavy atom. The van der Waals surface area contributed by atoms with E-state index in [1.54, 1.807) is 11.3 Å². The Kier molecular flexibility index (Phi) is 9.37. The summed E-state index contributed by atoms with van der Waals surface area (Å²) in [6, 6.07) is 12.4. The maximum Gasteiger partial charge on any atom is 0.227 e. The average molecular weight is 560 g/mol. The first-order chi connectivity index (χ1) is 19.4. The van der Waals surface area contributed by atoms with Crippen LogP contribution in [0, 0.1) is 6.92 Å². The fourth-order valence-electron chi connectivity index (χ4n) is 5.86. The van der Waals surface area contributed by atoms with Gasteiger partial charge in [-0.15, -0.1) is 11.3 Å². The molecular formula is C32H45N7S. The molecule has 0 unspecified atom stereocenters. The minimum absolute atomic E-state index is 0.271. The van der Waals surface area contributed by atoms with Gasteiger partial charge >= 0.3 is 0 Å². The fraction of sp³-hybridized carbons (Fsp3) is 0.531. The molecule has 7 nitrogen and oxygen atoms in total. The Labute approximate surface area is 243 Å². The number of anilines is 2. The summed E-state index contributed by atoms with van der Waals surface area (Å²) in [4.78, 5) is 18.6. The largest absolute Gasteiger partial charge is 0.364 e. The molecule has 3 aromatic heterocycles. The van der Waals surface area contributed by atoms with Crippen molar-refractivity contribution in [2.45, 2.75) is 97.8 Å². The van der Waals surface area contributed by atoms with Crippen LogP contribution >= 0.6 is 11.3 Å². The van der Waals surface area contributed by atoms with Crippen LogP contribution in [-0.2, 0) is 6.54 Å². The van der Waals surface area contributed by atoms with E-state index in [1.807, 2.05) is 6.33 Å². The highest BCUT2D eigenvalue weighted by Gasteiger charge is 2.26. The van der Waals surface area contributed by atoms with E-state index < -0.39 is 0 Å². The van der Waals surface area contributed by atoms with Crippen LogP contribution in [0.2, 0.25) is 0 Å². The molecule has 40 heavy (non-hydrogen) atoms. The summed E-state index contributed by atoms with van der Waals surface area (Å²) in [7, 11) is 0. The molecule has 214 valence electrons. The zero-order valence-corrected chi connectivity index (χ0v) is 25.6. The Morgan fingerprint density at radius 3 is 2.38 bits per heavy atom. The van der Waals surface area contributed by atoms with Gasteiger partial charge in [-0.1, -0.05) is 38.1 Å². The fourth-order valence-corrected chi connectivity index (χ4v) is 6.76. The number of rotatable bonds is 12. The number of thiophene rings is 1. The molecule has 8 heteroatoms. The van der Waals surface area contributed by atoms with Gasteiger partial charge in [0, 0.05) is 29.5 Å². The van der Waals surface area contributed by atoms with Gasteiger partial charge in [-0.2, -0.15) is 9.97 Å². The summed E-state index contributed by atoms with van der Waals surface area (Å²) >= 11 is 1.79. The van der Waals surface area contributed by atoms with Crippen LogP contribution < -0.4 is 10.6 Å². The van der Waals surface area contributed by atoms with E-state index in [0.717, 1.165) is 29.8 Å². The number of aromatic nitrogens is 4. The van der Waals surface area contributed by atoms with Crippen LogP contribution in [0.3, 0.4) is 0 Å². The molecule has 0 spiro atoms. The number of nitrogens with one attached hydrogen (secondary N) is 2. The standard InChI is InChI=1S/C32H45N7S/c1-6-16-38(17-7-2)27-14-12-26(13-15-27)35-32-36-30(29-31(37-32)39(21-34-29)22(3)4)33-19-24-8-10-25(11-9-24)28-18-23(5)20-40-28/h8-11,18,20-22,26-27H,6-7,12-17,19H2,1-5H3,(H2,33,35,36,37). The van der Waals surface area contributed by atoms with Crippen LogP contribution in [-0.4, -0.2) is 49.6 Å². The first-order valence-electron chi connectivity index (χ1n) is 15.1. The Balaban J connectivity index is 1.29. The van der Waals surface area contributed by atoms with Crippen LogP contribution in [0.5, 0.6) is 0 Å². The predicted molar refractivity (Wildman–Crippen MR) is 169 cm³/mol. The van der Waals surface area contributed by atoms with Crippen molar-refractivity contribution in [3.05, 3.63) is 53.2 Å². The highest BCUT2D eigenvalue weighted by Crippen LogP contribution is 2.29. The lowest BCUT2D eigenvalue weighted by Crippen LogP contribution is -2.41. The minimum atomic E-state index is 0.271. The number of hydrogen-bond acceptors (Lipinski definition) is 7. The van der Waals surface area contributed by atoms with Crippen LogP contribution in [0.1, 0.15) is 83.4 Å². The topological polar surface area (TPSA) is 70.9 Å². The monoisotopic (exact) mass is 559 g/mol. The molecule has 4 aromatic rings. The number of imidazole rings is 1. The summed E-state index contributed by atoms with van der Waals surface area (Å²) in [5, 5.41) is 9.47. The molecule has 0 saturated heterocycles. The highest BCUT2D eigenvalue weighted by molar-refractivity contribution is 7.13. The van der Waals surface area contributed by atoms with Crippen molar-refractivity contribution in [1.29, 1.82) is 0 Å². The molecule has 0 amide bonds. The van der Waals surface area contributed by atoms with E-state index in [9.17, 15) is 0 Å². The lowest BCUT2D eigenvalue weighted by Gasteiger charge is -2.37. The molecule has 2 N–H and O–H groups in total. The first-order valence-corrected chi connectivity index (χ1v) is 16.0. The van der Waals surface area contributed by atoms with Gasteiger partial charge < -0.3 is 20.1 Å². The van der Waals surface area contributed by atoms with Crippen molar-refractivity contribution in [2.24, 2.45) is 0 Å². The van der Waals surface area contributed by atoms with Gasteiger partial charge in [-0.25, -0.2) is 4.98 Å². The summed E-state index contributed by atoms with van der Waals surface area (Å²) in [5.74, 6) is 1.49. The maximum absolute atomic E-state index is 4.96. The maximum atomic E-state index is 4.96. The lowest BCUT2D eigenvalue weighted by molar-refractivity contribution is 0.152. The van der Waals surface area contributed by atoms with Gasteiger partial charge in [0.05, 0.1) is 6.33 Å². The zero-order chi connectivity index (χ0) is 28.1. The van der Waals surface area contributed by atoms with Gasteiger partial charge in [0.1, 0.15) is 0 Å². The van der Waals surface area contributed by atoms with Crippen LogP contribution in [0.25, 0.3) is 21.6 Å². The smallest absolute Gasteiger partial charge is 0.227 e. The summed E-state index contributed by atoms with van der Waals surface area (Å²) in [5.41, 5.74) is 5.48.